The van der Waals surface area contributed by atoms with Crippen molar-refractivity contribution in [1.29, 1.82) is 0 Å². The molecule has 1 amide bonds. The van der Waals surface area contributed by atoms with Gasteiger partial charge in [-0.15, -0.1) is 0 Å². The largest absolute Gasteiger partial charge is 0.481 e. The summed E-state index contributed by atoms with van der Waals surface area (Å²) >= 11 is 0. The van der Waals surface area contributed by atoms with Gasteiger partial charge in [0.15, 0.2) is 0 Å². The van der Waals surface area contributed by atoms with E-state index >= 15 is 0 Å². The highest BCUT2D eigenvalue weighted by Gasteiger charge is 2.35. The molecule has 1 aromatic carbocycles. The molecule has 0 saturated heterocycles. The topological polar surface area (TPSA) is 111 Å². The molecule has 0 fully saturated rings. The second-order valence-corrected chi connectivity index (χ2v) is 8.79. The normalized spacial score (nSPS) is 22.3. The fourth-order valence-corrected chi connectivity index (χ4v) is 3.71. The number of amides is 1. The molecule has 8 nitrogen and oxygen atoms in total. The van der Waals surface area contributed by atoms with Crippen molar-refractivity contribution >= 4 is 18.0 Å². The quantitative estimate of drug-likeness (QED) is 0.619. The molecule has 2 heterocycles. The molecule has 8 heteroatoms. The maximum atomic E-state index is 12.5. The van der Waals surface area contributed by atoms with Gasteiger partial charge in [0.05, 0.1) is 6.10 Å². The second-order valence-electron chi connectivity index (χ2n) is 8.79. The van der Waals surface area contributed by atoms with Gasteiger partial charge in [0.1, 0.15) is 24.4 Å². The lowest BCUT2D eigenvalue weighted by Crippen LogP contribution is -2.45. The van der Waals surface area contributed by atoms with E-state index in [9.17, 15) is 14.4 Å². The summed E-state index contributed by atoms with van der Waals surface area (Å²) in [6.07, 6.45) is 6.10. The van der Waals surface area contributed by atoms with Gasteiger partial charge in [-0.3, -0.25) is 4.79 Å². The Morgan fingerprint density at radius 1 is 1.12 bits per heavy atom. The average molecular weight is 443 g/mol. The molecule has 0 spiro atoms. The Balaban J connectivity index is 1.67. The number of esters is 1. The number of carbonyl (C=O) groups excluding carboxylic acids is 2. The van der Waals surface area contributed by atoms with Crippen LogP contribution < -0.4 is 5.32 Å². The molecule has 32 heavy (non-hydrogen) atoms. The zero-order chi connectivity index (χ0) is 23.3. The molecule has 0 aliphatic carbocycles. The van der Waals surface area contributed by atoms with E-state index in [2.05, 4.69) is 5.32 Å². The van der Waals surface area contributed by atoms with E-state index in [-0.39, 0.29) is 37.6 Å². The minimum Gasteiger partial charge on any atom is -0.481 e. The Morgan fingerprint density at radius 2 is 1.81 bits per heavy atom. The first-order valence-electron chi connectivity index (χ1n) is 10.6. The van der Waals surface area contributed by atoms with Crippen molar-refractivity contribution in [3.05, 3.63) is 59.7 Å². The molecule has 0 radical (unpaired) electrons. The molecule has 172 valence electrons. The summed E-state index contributed by atoms with van der Waals surface area (Å²) in [4.78, 5) is 35.9. The van der Waals surface area contributed by atoms with Crippen LogP contribution in [-0.4, -0.2) is 47.5 Å². The van der Waals surface area contributed by atoms with Gasteiger partial charge in [0, 0.05) is 12.3 Å². The first-order chi connectivity index (χ1) is 15.1. The Kier molecular flexibility index (Phi) is 7.35. The maximum absolute atomic E-state index is 12.5. The lowest BCUT2D eigenvalue weighted by atomic mass is 9.85. The van der Waals surface area contributed by atoms with Gasteiger partial charge in [-0.2, -0.15) is 0 Å². The van der Waals surface area contributed by atoms with Crippen molar-refractivity contribution in [2.45, 2.75) is 63.4 Å². The van der Waals surface area contributed by atoms with Crippen LogP contribution in [0.25, 0.3) is 0 Å². The molecule has 3 rings (SSSR count). The number of fused-ring (bicyclic) bond motifs is 4. The number of hydrogen-bond donors (Lipinski definition) is 2. The number of allylic oxidation sites excluding steroid dienone is 2. The van der Waals surface area contributed by atoms with E-state index in [1.807, 2.05) is 48.6 Å². The number of carboxylic acid groups (broad SMARTS) is 1. The minimum atomic E-state index is -1.13. The predicted octanol–water partition coefficient (Wildman–Crippen LogP) is 3.64. The van der Waals surface area contributed by atoms with E-state index in [1.54, 1.807) is 20.8 Å². The van der Waals surface area contributed by atoms with E-state index < -0.39 is 29.7 Å². The molecule has 0 aromatic heterocycles. The number of hydrogen-bond acceptors (Lipinski definition) is 6. The number of aliphatic carboxylic acids is 1. The highest BCUT2D eigenvalue weighted by Crippen LogP contribution is 2.40. The number of rotatable bonds is 7. The maximum Gasteiger partial charge on any atom is 0.407 e. The summed E-state index contributed by atoms with van der Waals surface area (Å²) in [5, 5.41) is 11.4. The summed E-state index contributed by atoms with van der Waals surface area (Å²) < 4.78 is 16.9. The predicted molar refractivity (Wildman–Crippen MR) is 116 cm³/mol. The van der Waals surface area contributed by atoms with E-state index in [0.29, 0.717) is 0 Å². The lowest BCUT2D eigenvalue weighted by molar-refractivity contribution is -0.157. The van der Waals surface area contributed by atoms with Crippen molar-refractivity contribution in [3.8, 4) is 0 Å². The summed E-state index contributed by atoms with van der Waals surface area (Å²) in [5.41, 5.74) is 1.28. The van der Waals surface area contributed by atoms with Gasteiger partial charge >= 0.3 is 18.0 Å². The highest BCUT2D eigenvalue weighted by atomic mass is 16.6. The number of carbonyl (C=O) groups is 3. The van der Waals surface area contributed by atoms with Gasteiger partial charge < -0.3 is 24.6 Å². The van der Waals surface area contributed by atoms with Crippen LogP contribution in [0.3, 0.4) is 0 Å². The first kappa shape index (κ1) is 23.5. The number of nitrogens with one attached hydrogen (secondary N) is 1. The van der Waals surface area contributed by atoms with Gasteiger partial charge in [-0.05, 0) is 38.3 Å². The van der Waals surface area contributed by atoms with Crippen molar-refractivity contribution in [3.63, 3.8) is 0 Å². The second kappa shape index (κ2) is 9.99. The van der Waals surface area contributed by atoms with Crippen LogP contribution >= 0.6 is 0 Å². The SMILES string of the molecule is CC(C)(C)OC(=O)C(CCC(=O)O)NC(=O)OCC1c2ccccc2C2C=CC=CC1O2. The molecule has 4 unspecified atom stereocenters. The molecule has 0 saturated carbocycles. The molecule has 2 aliphatic heterocycles. The van der Waals surface area contributed by atoms with Crippen molar-refractivity contribution in [2.24, 2.45) is 0 Å². The third-order valence-corrected chi connectivity index (χ3v) is 5.12. The third kappa shape index (κ3) is 6.20. The van der Waals surface area contributed by atoms with E-state index in [1.165, 1.54) is 0 Å². The van der Waals surface area contributed by atoms with Crippen LogP contribution in [0, 0.1) is 0 Å². The van der Waals surface area contributed by atoms with Gasteiger partial charge in [-0.25, -0.2) is 9.59 Å². The Bertz CT molecular complexity index is 915. The van der Waals surface area contributed by atoms with Gasteiger partial charge in [0.2, 0.25) is 0 Å². The molecule has 2 aliphatic rings. The average Bonchev–Trinajstić information content (AvgIpc) is 2.93. The van der Waals surface area contributed by atoms with Crippen LogP contribution in [-0.2, 0) is 23.8 Å². The fourth-order valence-electron chi connectivity index (χ4n) is 3.71. The highest BCUT2D eigenvalue weighted by molar-refractivity contribution is 5.82. The zero-order valence-corrected chi connectivity index (χ0v) is 18.4. The Morgan fingerprint density at radius 3 is 2.50 bits per heavy atom. The summed E-state index contributed by atoms with van der Waals surface area (Å²) in [6, 6.07) is 6.73. The van der Waals surface area contributed by atoms with Crippen LogP contribution in [0.1, 0.15) is 56.8 Å². The number of carboxylic acids is 1. The van der Waals surface area contributed by atoms with Crippen molar-refractivity contribution < 1.29 is 33.7 Å². The van der Waals surface area contributed by atoms with Gasteiger partial charge in [-0.1, -0.05) is 48.6 Å². The number of alkyl carbamates (subject to hydrolysis) is 1. The number of benzene rings is 1. The molecular formula is C24H29NO7. The van der Waals surface area contributed by atoms with Crippen LogP contribution in [0.2, 0.25) is 0 Å². The zero-order valence-electron chi connectivity index (χ0n) is 18.4. The first-order valence-corrected chi connectivity index (χ1v) is 10.6. The van der Waals surface area contributed by atoms with Crippen LogP contribution in [0.5, 0.6) is 0 Å². The monoisotopic (exact) mass is 443 g/mol. The molecule has 1 aromatic rings. The Hall–Kier alpha value is -3.13. The molecule has 2 bridgehead atoms. The molecular weight excluding hydrogens is 414 g/mol. The van der Waals surface area contributed by atoms with E-state index in [0.717, 1.165) is 11.1 Å². The smallest absolute Gasteiger partial charge is 0.407 e. The summed E-state index contributed by atoms with van der Waals surface area (Å²) in [5.74, 6) is -2.00. The third-order valence-electron chi connectivity index (χ3n) is 5.12. The van der Waals surface area contributed by atoms with Crippen LogP contribution in [0.4, 0.5) is 4.79 Å². The van der Waals surface area contributed by atoms with Crippen molar-refractivity contribution in [2.75, 3.05) is 6.61 Å². The fraction of sp³-hybridized carbons (Fsp3) is 0.458. The van der Waals surface area contributed by atoms with Crippen LogP contribution in [0.15, 0.2) is 48.6 Å². The summed E-state index contributed by atoms with van der Waals surface area (Å²) in [6.45, 7) is 5.12. The van der Waals surface area contributed by atoms with E-state index in [4.69, 9.17) is 19.3 Å². The minimum absolute atomic E-state index is 0.0323. The summed E-state index contributed by atoms with van der Waals surface area (Å²) in [7, 11) is 0. The lowest BCUT2D eigenvalue weighted by Gasteiger charge is -2.35. The van der Waals surface area contributed by atoms with Gasteiger partial charge in [0.25, 0.3) is 0 Å². The standard InChI is InChI=1S/C24H29NO7/c1-24(2,3)32-22(28)18(12-13-21(26)27)25-23(29)30-14-17-15-8-4-5-9-16(15)19-10-6-7-11-20(17)31-19/h4-11,17-20H,12-14H2,1-3H3,(H,25,29)(H,26,27). The van der Waals surface area contributed by atoms with Crippen molar-refractivity contribution in [1.82, 2.24) is 5.32 Å². The number of ether oxygens (including phenoxy) is 3. The Labute approximate surface area is 187 Å². The molecule has 4 atom stereocenters. The molecule has 2 N–H and O–H groups in total.